The predicted molar refractivity (Wildman–Crippen MR) is 124 cm³/mol. The van der Waals surface area contributed by atoms with Gasteiger partial charge in [0.25, 0.3) is 0 Å². The van der Waals surface area contributed by atoms with E-state index >= 15 is 0 Å². The van der Waals surface area contributed by atoms with Crippen LogP contribution in [0.15, 0.2) is 11.6 Å². The van der Waals surface area contributed by atoms with Gasteiger partial charge in [-0.2, -0.15) is 0 Å². The summed E-state index contributed by atoms with van der Waals surface area (Å²) in [4.78, 5) is 24.9. The number of carbonyl (C=O) groups excluding carboxylic acids is 2. The number of hydrogen-bond donors (Lipinski definition) is 0. The predicted octanol–water partition coefficient (Wildman–Crippen LogP) is 5.88. The van der Waals surface area contributed by atoms with Gasteiger partial charge in [-0.05, 0) is 112 Å². The lowest BCUT2D eigenvalue weighted by Crippen LogP contribution is -2.55. The Morgan fingerprint density at radius 2 is 2.00 bits per heavy atom. The van der Waals surface area contributed by atoms with E-state index in [0.29, 0.717) is 41.7 Å². The van der Waals surface area contributed by atoms with E-state index in [1.807, 2.05) is 13.0 Å². The molecule has 0 aromatic heterocycles. The Bertz CT molecular complexity index is 780. The van der Waals surface area contributed by atoms with Gasteiger partial charge in [-0.1, -0.05) is 19.4 Å². The summed E-state index contributed by atoms with van der Waals surface area (Å²) in [5.41, 5.74) is 1.68. The van der Waals surface area contributed by atoms with Crippen molar-refractivity contribution in [2.24, 2.45) is 40.4 Å². The average molecular weight is 443 g/mol. The van der Waals surface area contributed by atoms with Crippen molar-refractivity contribution >= 4 is 11.6 Å². The van der Waals surface area contributed by atoms with Crippen molar-refractivity contribution in [2.45, 2.75) is 97.7 Å². The van der Waals surface area contributed by atoms with E-state index in [1.165, 1.54) is 24.8 Å². The van der Waals surface area contributed by atoms with E-state index in [4.69, 9.17) is 9.47 Å². The molecule has 0 bridgehead atoms. The summed E-state index contributed by atoms with van der Waals surface area (Å²) in [5.74, 6) is 3.41. The zero-order valence-electron chi connectivity index (χ0n) is 20.4. The van der Waals surface area contributed by atoms with Gasteiger partial charge in [-0.15, -0.1) is 0 Å². The Labute approximate surface area is 193 Å². The second-order valence-corrected chi connectivity index (χ2v) is 12.1. The lowest BCUT2D eigenvalue weighted by atomic mass is 9.43. The summed E-state index contributed by atoms with van der Waals surface area (Å²) in [6, 6.07) is 0. The highest BCUT2D eigenvalue weighted by Gasteiger charge is 2.62. The molecule has 0 aromatic rings. The molecule has 0 radical (unpaired) electrons. The quantitative estimate of drug-likeness (QED) is 0.533. The third-order valence-corrected chi connectivity index (χ3v) is 10.5. The van der Waals surface area contributed by atoms with Crippen molar-refractivity contribution in [3.8, 4) is 0 Å². The molecule has 1 heterocycles. The molecular formula is C28H42O4. The highest BCUT2D eigenvalue weighted by atomic mass is 16.7. The molecular weight excluding hydrogens is 400 g/mol. The molecule has 5 rings (SSSR count). The number of ether oxygens (including phenoxy) is 2. The number of fused-ring (bicyclic) bond motifs is 5. The largest absolute Gasteiger partial charge is 0.353 e. The molecule has 4 nitrogen and oxygen atoms in total. The number of hydrogen-bond acceptors (Lipinski definition) is 4. The van der Waals surface area contributed by atoms with Crippen LogP contribution in [0.2, 0.25) is 0 Å². The van der Waals surface area contributed by atoms with Crippen LogP contribution in [0.1, 0.15) is 91.4 Å². The van der Waals surface area contributed by atoms with E-state index in [-0.39, 0.29) is 23.0 Å². The Morgan fingerprint density at radius 1 is 1.16 bits per heavy atom. The third-order valence-electron chi connectivity index (χ3n) is 10.5. The van der Waals surface area contributed by atoms with Gasteiger partial charge in [-0.25, -0.2) is 0 Å². The van der Waals surface area contributed by atoms with Crippen molar-refractivity contribution in [2.75, 3.05) is 13.2 Å². The summed E-state index contributed by atoms with van der Waals surface area (Å²) >= 11 is 0. The number of carbonyl (C=O) groups is 2. The number of allylic oxidation sites excluding steroid dienone is 1. The average Bonchev–Trinajstić information content (AvgIpc) is 3.12. The molecule has 1 saturated heterocycles. The zero-order valence-corrected chi connectivity index (χ0v) is 20.4. The van der Waals surface area contributed by atoms with Crippen LogP contribution in [0.5, 0.6) is 0 Å². The number of Topliss-reactive ketones (excluding diaryl/α,β-unsaturated/α-hetero) is 1. The van der Waals surface area contributed by atoms with E-state index < -0.39 is 0 Å². The smallest absolute Gasteiger partial charge is 0.157 e. The van der Waals surface area contributed by atoms with Gasteiger partial charge in [0.2, 0.25) is 0 Å². The molecule has 0 spiro atoms. The van der Waals surface area contributed by atoms with Gasteiger partial charge in [0.15, 0.2) is 12.1 Å². The van der Waals surface area contributed by atoms with Crippen LogP contribution in [-0.4, -0.2) is 31.1 Å². The molecule has 4 fully saturated rings. The van der Waals surface area contributed by atoms with Crippen LogP contribution in [0.4, 0.5) is 0 Å². The molecule has 0 amide bonds. The summed E-state index contributed by atoms with van der Waals surface area (Å²) in [5, 5.41) is 0. The fraction of sp³-hybridized carbons (Fsp3) is 0.857. The SMILES string of the molecule is CC(=O)[C@H]1CC[C@H]2[C@@H]3CCC4=CC(=O)CC[C@]4(C)[C@H]3[C@H](CCOC3CCCCO3)C[C@]12C. The van der Waals surface area contributed by atoms with Crippen LogP contribution in [0, 0.1) is 40.4 Å². The first kappa shape index (κ1) is 22.8. The van der Waals surface area contributed by atoms with Gasteiger partial charge < -0.3 is 9.47 Å². The molecule has 4 heteroatoms. The highest BCUT2D eigenvalue weighted by molar-refractivity contribution is 5.91. The first-order valence-electron chi connectivity index (χ1n) is 13.3. The first-order valence-corrected chi connectivity index (χ1v) is 13.3. The molecule has 1 unspecified atom stereocenters. The van der Waals surface area contributed by atoms with Gasteiger partial charge in [0.05, 0.1) is 6.61 Å². The minimum atomic E-state index is -0.0346. The maximum atomic E-state index is 12.6. The number of ketones is 2. The van der Waals surface area contributed by atoms with Crippen LogP contribution < -0.4 is 0 Å². The second kappa shape index (κ2) is 8.65. The maximum absolute atomic E-state index is 12.6. The summed E-state index contributed by atoms with van der Waals surface area (Å²) in [7, 11) is 0. The fourth-order valence-corrected chi connectivity index (χ4v) is 9.10. The van der Waals surface area contributed by atoms with Crippen LogP contribution in [0.25, 0.3) is 0 Å². The fourth-order valence-electron chi connectivity index (χ4n) is 9.10. The normalized spacial score (nSPS) is 46.1. The highest BCUT2D eigenvalue weighted by Crippen LogP contribution is 2.68. The van der Waals surface area contributed by atoms with Crippen molar-refractivity contribution in [3.63, 3.8) is 0 Å². The Hall–Kier alpha value is -1.00. The van der Waals surface area contributed by atoms with E-state index in [0.717, 1.165) is 58.2 Å². The minimum Gasteiger partial charge on any atom is -0.353 e. The summed E-state index contributed by atoms with van der Waals surface area (Å²) in [6.45, 7) is 8.28. The minimum absolute atomic E-state index is 0.0346. The Kier molecular flexibility index (Phi) is 6.16. The lowest BCUT2D eigenvalue weighted by Gasteiger charge is -2.61. The maximum Gasteiger partial charge on any atom is 0.157 e. The van der Waals surface area contributed by atoms with E-state index in [2.05, 4.69) is 13.8 Å². The van der Waals surface area contributed by atoms with Crippen molar-refractivity contribution in [1.29, 1.82) is 0 Å². The topological polar surface area (TPSA) is 52.6 Å². The molecule has 3 saturated carbocycles. The van der Waals surface area contributed by atoms with Gasteiger partial charge >= 0.3 is 0 Å². The van der Waals surface area contributed by atoms with E-state index in [1.54, 1.807) is 0 Å². The third kappa shape index (κ3) is 3.74. The summed E-state index contributed by atoms with van der Waals surface area (Å²) in [6.07, 6.45) is 13.7. The standard InChI is InChI=1S/C28H42O4/c1-18(29)23-9-10-24-22-8-7-20-16-21(30)11-13-27(20,2)26(22)19(17-28(23,24)3)12-15-32-25-6-4-5-14-31-25/h16,19,22-26H,4-15,17H2,1-3H3/t19-,22+,23-,24+,25?,26+,27+,28-/m1/s1. The molecule has 1 aliphatic heterocycles. The Morgan fingerprint density at radius 3 is 2.75 bits per heavy atom. The van der Waals surface area contributed by atoms with Crippen molar-refractivity contribution in [3.05, 3.63) is 11.6 Å². The van der Waals surface area contributed by atoms with Gasteiger partial charge in [0.1, 0.15) is 5.78 Å². The molecule has 178 valence electrons. The summed E-state index contributed by atoms with van der Waals surface area (Å²) < 4.78 is 12.0. The van der Waals surface area contributed by atoms with Crippen molar-refractivity contribution in [1.82, 2.24) is 0 Å². The Balaban J connectivity index is 1.42. The van der Waals surface area contributed by atoms with Crippen LogP contribution >= 0.6 is 0 Å². The monoisotopic (exact) mass is 442 g/mol. The first-order chi connectivity index (χ1) is 15.3. The molecule has 5 aliphatic rings. The van der Waals surface area contributed by atoms with Crippen molar-refractivity contribution < 1.29 is 19.1 Å². The van der Waals surface area contributed by atoms with Crippen LogP contribution in [-0.2, 0) is 19.1 Å². The molecule has 8 atom stereocenters. The van der Waals surface area contributed by atoms with E-state index in [9.17, 15) is 9.59 Å². The molecule has 0 N–H and O–H groups in total. The molecule has 32 heavy (non-hydrogen) atoms. The second-order valence-electron chi connectivity index (χ2n) is 12.1. The molecule has 0 aromatic carbocycles. The van der Waals surface area contributed by atoms with Crippen LogP contribution in [0.3, 0.4) is 0 Å². The zero-order chi connectivity index (χ0) is 22.5. The molecule has 4 aliphatic carbocycles. The van der Waals surface area contributed by atoms with Gasteiger partial charge in [-0.3, -0.25) is 9.59 Å². The number of rotatable bonds is 5. The lowest BCUT2D eigenvalue weighted by molar-refractivity contribution is -0.170. The van der Waals surface area contributed by atoms with Gasteiger partial charge in [0, 0.05) is 18.9 Å².